The Balaban J connectivity index is 1.82. The van der Waals surface area contributed by atoms with Crippen LogP contribution in [-0.2, 0) is 6.42 Å². The van der Waals surface area contributed by atoms with E-state index in [2.05, 4.69) is 26.0 Å². The normalized spacial score (nSPS) is 12.7. The number of guanidine groups is 1. The lowest BCUT2D eigenvalue weighted by atomic mass is 10.3. The average molecular weight is 364 g/mol. The maximum atomic E-state index is 13.6. The van der Waals surface area contributed by atoms with E-state index < -0.39 is 0 Å². The molecule has 0 aliphatic heterocycles. The number of hydrogen-bond donors (Lipinski definition) is 2. The van der Waals surface area contributed by atoms with Crippen LogP contribution in [0.15, 0.2) is 34.6 Å². The van der Waals surface area contributed by atoms with Gasteiger partial charge in [0, 0.05) is 24.9 Å². The second kappa shape index (κ2) is 9.98. The summed E-state index contributed by atoms with van der Waals surface area (Å²) in [6, 6.07) is 6.40. The molecule has 7 heteroatoms. The van der Waals surface area contributed by atoms with Gasteiger partial charge in [-0.3, -0.25) is 0 Å². The number of nitrogens with zero attached hydrogens (tertiary/aromatic N) is 2. The molecule has 0 aliphatic rings. The molecule has 5 nitrogen and oxygen atoms in total. The monoisotopic (exact) mass is 364 g/mol. The van der Waals surface area contributed by atoms with Crippen molar-refractivity contribution in [2.24, 2.45) is 4.99 Å². The van der Waals surface area contributed by atoms with Gasteiger partial charge < -0.3 is 15.4 Å². The molecule has 25 heavy (non-hydrogen) atoms. The van der Waals surface area contributed by atoms with Crippen LogP contribution in [0.25, 0.3) is 0 Å². The Morgan fingerprint density at radius 2 is 2.16 bits per heavy atom. The van der Waals surface area contributed by atoms with Crippen molar-refractivity contribution in [2.45, 2.75) is 33.3 Å². The van der Waals surface area contributed by atoms with Gasteiger partial charge in [-0.25, -0.2) is 14.4 Å². The largest absolute Gasteiger partial charge is 0.486 e. The highest BCUT2D eigenvalue weighted by atomic mass is 32.1. The van der Waals surface area contributed by atoms with E-state index in [0.29, 0.717) is 6.54 Å². The van der Waals surface area contributed by atoms with E-state index in [9.17, 15) is 4.39 Å². The molecular formula is C18H25FN4OS. The summed E-state index contributed by atoms with van der Waals surface area (Å²) in [7, 11) is 0. The summed E-state index contributed by atoms with van der Waals surface area (Å²) in [5, 5.41) is 9.63. The van der Waals surface area contributed by atoms with E-state index in [0.717, 1.165) is 36.2 Å². The molecule has 1 unspecified atom stereocenters. The first kappa shape index (κ1) is 19.2. The lowest BCUT2D eigenvalue weighted by Crippen LogP contribution is -2.39. The average Bonchev–Trinajstić information content (AvgIpc) is 3.00. The molecule has 136 valence electrons. The number of nitrogens with one attached hydrogen (secondary N) is 2. The van der Waals surface area contributed by atoms with E-state index in [1.807, 2.05) is 20.8 Å². The molecule has 0 spiro atoms. The molecule has 0 radical (unpaired) electrons. The standard InChI is InChI=1S/C18H25FN4OS/c1-4-20-18(21-10-9-15-12-25-14(3)23-15)22-11-13(2)24-17-8-6-5-7-16(17)19/h5-8,12-13H,4,9-11H2,1-3H3,(H2,20,21,22). The zero-order valence-electron chi connectivity index (χ0n) is 14.9. The first-order chi connectivity index (χ1) is 12.1. The minimum absolute atomic E-state index is 0.228. The highest BCUT2D eigenvalue weighted by Crippen LogP contribution is 2.17. The van der Waals surface area contributed by atoms with Gasteiger partial charge in [-0.1, -0.05) is 12.1 Å². The fourth-order valence-corrected chi connectivity index (χ4v) is 2.84. The first-order valence-electron chi connectivity index (χ1n) is 8.43. The van der Waals surface area contributed by atoms with Crippen LogP contribution in [0.3, 0.4) is 0 Å². The second-order valence-corrected chi connectivity index (χ2v) is 6.68. The molecule has 1 atom stereocenters. The molecule has 0 fully saturated rings. The van der Waals surface area contributed by atoms with E-state index in [1.165, 1.54) is 6.07 Å². The predicted octanol–water partition coefficient (Wildman–Crippen LogP) is 3.16. The molecule has 2 rings (SSSR count). The number of aryl methyl sites for hydroxylation is 1. The Bertz CT molecular complexity index is 689. The number of rotatable bonds is 8. The smallest absolute Gasteiger partial charge is 0.191 e. The van der Waals surface area contributed by atoms with Gasteiger partial charge in [0.05, 0.1) is 17.2 Å². The Kier molecular flexibility index (Phi) is 7.66. The number of thiazole rings is 1. The summed E-state index contributed by atoms with van der Waals surface area (Å²) in [5.74, 6) is 0.613. The molecule has 0 saturated heterocycles. The molecule has 1 heterocycles. The van der Waals surface area contributed by atoms with Crippen LogP contribution in [0.5, 0.6) is 5.75 Å². The van der Waals surface area contributed by atoms with Gasteiger partial charge in [-0.05, 0) is 32.9 Å². The van der Waals surface area contributed by atoms with Gasteiger partial charge in [-0.15, -0.1) is 11.3 Å². The van der Waals surface area contributed by atoms with Crippen molar-refractivity contribution in [3.05, 3.63) is 46.2 Å². The summed E-state index contributed by atoms with van der Waals surface area (Å²) < 4.78 is 19.2. The Morgan fingerprint density at radius 1 is 1.36 bits per heavy atom. The second-order valence-electron chi connectivity index (χ2n) is 5.61. The van der Waals surface area contributed by atoms with E-state index in [1.54, 1.807) is 29.5 Å². The van der Waals surface area contributed by atoms with Crippen molar-refractivity contribution in [1.82, 2.24) is 15.6 Å². The molecule has 0 saturated carbocycles. The van der Waals surface area contributed by atoms with Gasteiger partial charge >= 0.3 is 0 Å². The quantitative estimate of drug-likeness (QED) is 0.558. The van der Waals surface area contributed by atoms with Crippen LogP contribution >= 0.6 is 11.3 Å². The summed E-state index contributed by atoms with van der Waals surface area (Å²) >= 11 is 1.66. The van der Waals surface area contributed by atoms with Gasteiger partial charge in [-0.2, -0.15) is 0 Å². The minimum atomic E-state index is -0.359. The van der Waals surface area contributed by atoms with Crippen LogP contribution in [-0.4, -0.2) is 36.7 Å². The highest BCUT2D eigenvalue weighted by molar-refractivity contribution is 7.09. The molecule has 0 amide bonds. The van der Waals surface area contributed by atoms with Crippen molar-refractivity contribution in [3.8, 4) is 5.75 Å². The van der Waals surface area contributed by atoms with Gasteiger partial charge in [0.1, 0.15) is 6.10 Å². The number of benzene rings is 1. The van der Waals surface area contributed by atoms with Crippen LogP contribution < -0.4 is 15.4 Å². The van der Waals surface area contributed by atoms with Gasteiger partial charge in [0.15, 0.2) is 17.5 Å². The minimum Gasteiger partial charge on any atom is -0.486 e. The lowest BCUT2D eigenvalue weighted by Gasteiger charge is -2.15. The third-order valence-corrected chi connectivity index (χ3v) is 4.18. The molecule has 2 aromatic rings. The maximum Gasteiger partial charge on any atom is 0.191 e. The lowest BCUT2D eigenvalue weighted by molar-refractivity contribution is 0.220. The number of hydrogen-bond acceptors (Lipinski definition) is 4. The summed E-state index contributed by atoms with van der Waals surface area (Å²) in [6.45, 7) is 7.84. The number of ether oxygens (including phenoxy) is 1. The van der Waals surface area contributed by atoms with Gasteiger partial charge in [0.2, 0.25) is 0 Å². The predicted molar refractivity (Wildman–Crippen MR) is 101 cm³/mol. The first-order valence-corrected chi connectivity index (χ1v) is 9.30. The Morgan fingerprint density at radius 3 is 2.84 bits per heavy atom. The van der Waals surface area contributed by atoms with Crippen LogP contribution in [0, 0.1) is 12.7 Å². The van der Waals surface area contributed by atoms with Crippen LogP contribution in [0.4, 0.5) is 4.39 Å². The van der Waals surface area contributed by atoms with E-state index >= 15 is 0 Å². The third-order valence-electron chi connectivity index (χ3n) is 3.36. The summed E-state index contributed by atoms with van der Waals surface area (Å²) in [5.41, 5.74) is 1.09. The van der Waals surface area contributed by atoms with Crippen molar-refractivity contribution in [2.75, 3.05) is 19.6 Å². The molecule has 1 aromatic carbocycles. The maximum absolute atomic E-state index is 13.6. The zero-order valence-corrected chi connectivity index (χ0v) is 15.7. The summed E-state index contributed by atoms with van der Waals surface area (Å²) in [6.07, 6.45) is 0.615. The fourth-order valence-electron chi connectivity index (χ4n) is 2.19. The molecule has 0 bridgehead atoms. The summed E-state index contributed by atoms with van der Waals surface area (Å²) in [4.78, 5) is 8.95. The molecule has 0 aliphatic carbocycles. The van der Waals surface area contributed by atoms with Crippen molar-refractivity contribution in [3.63, 3.8) is 0 Å². The number of aliphatic imine (C=N–C) groups is 1. The molecule has 2 N–H and O–H groups in total. The van der Waals surface area contributed by atoms with Crippen molar-refractivity contribution in [1.29, 1.82) is 0 Å². The van der Waals surface area contributed by atoms with E-state index in [4.69, 9.17) is 4.74 Å². The van der Waals surface area contributed by atoms with Crippen molar-refractivity contribution < 1.29 is 9.13 Å². The van der Waals surface area contributed by atoms with Gasteiger partial charge in [0.25, 0.3) is 0 Å². The number of aromatic nitrogens is 1. The topological polar surface area (TPSA) is 58.5 Å². The molecule has 1 aromatic heterocycles. The number of halogens is 1. The van der Waals surface area contributed by atoms with Crippen molar-refractivity contribution >= 4 is 17.3 Å². The molecular weight excluding hydrogens is 339 g/mol. The van der Waals surface area contributed by atoms with Crippen LogP contribution in [0.1, 0.15) is 24.5 Å². The highest BCUT2D eigenvalue weighted by Gasteiger charge is 2.08. The SMILES string of the molecule is CCNC(=NCC(C)Oc1ccccc1F)NCCc1csc(C)n1. The van der Waals surface area contributed by atoms with E-state index in [-0.39, 0.29) is 17.7 Å². The Labute approximate surface area is 152 Å². The number of para-hydroxylation sites is 1. The van der Waals surface area contributed by atoms with Crippen LogP contribution in [0.2, 0.25) is 0 Å². The zero-order chi connectivity index (χ0) is 18.1. The fraction of sp³-hybridized carbons (Fsp3) is 0.444. The third kappa shape index (κ3) is 6.70. The Hall–Kier alpha value is -2.15.